The van der Waals surface area contributed by atoms with E-state index in [1.807, 2.05) is 6.07 Å². The van der Waals surface area contributed by atoms with Crippen molar-refractivity contribution in [3.8, 4) is 5.75 Å². The molecule has 2 aromatic rings. The van der Waals surface area contributed by atoms with Crippen molar-refractivity contribution in [1.82, 2.24) is 0 Å². The second kappa shape index (κ2) is 8.37. The van der Waals surface area contributed by atoms with Crippen molar-refractivity contribution in [3.63, 3.8) is 0 Å². The Bertz CT molecular complexity index is 596. The summed E-state index contributed by atoms with van der Waals surface area (Å²) in [4.78, 5) is 21.8. The van der Waals surface area contributed by atoms with Gasteiger partial charge in [0.2, 0.25) is 5.91 Å². The molecule has 0 aliphatic heterocycles. The molecule has 0 aliphatic rings. The number of carbonyl (C=O) groups is 2. The van der Waals surface area contributed by atoms with Crippen LogP contribution < -0.4 is 5.32 Å². The van der Waals surface area contributed by atoms with Gasteiger partial charge in [-0.15, -0.1) is 0 Å². The van der Waals surface area contributed by atoms with E-state index in [9.17, 15) is 9.59 Å². The number of hydrogen-bond acceptors (Lipinski definition) is 3. The number of aromatic carboxylic acids is 1. The molecule has 0 radical (unpaired) electrons. The van der Waals surface area contributed by atoms with Crippen LogP contribution in [0.2, 0.25) is 0 Å². The first-order valence-corrected chi connectivity index (χ1v) is 6.40. The molecule has 0 saturated carbocycles. The molecule has 2 aromatic carbocycles. The highest BCUT2D eigenvalue weighted by atomic mass is 16.4. The Hall–Kier alpha value is -2.82. The summed E-state index contributed by atoms with van der Waals surface area (Å²) >= 11 is 0. The SMILES string of the molecule is CCC(=O)Nc1ccccc1C(=O)O.Oc1ccccc1. The number of benzene rings is 2. The Kier molecular flexibility index (Phi) is 6.47. The molecule has 110 valence electrons. The maximum atomic E-state index is 11.1. The van der Waals surface area contributed by atoms with Gasteiger partial charge in [-0.05, 0) is 24.3 Å². The quantitative estimate of drug-likeness (QED) is 0.809. The number of hydrogen-bond donors (Lipinski definition) is 3. The maximum Gasteiger partial charge on any atom is 0.337 e. The third kappa shape index (κ3) is 5.78. The normalized spacial score (nSPS) is 9.19. The minimum Gasteiger partial charge on any atom is -0.508 e. The molecule has 0 heterocycles. The molecule has 0 spiro atoms. The third-order valence-electron chi connectivity index (χ3n) is 2.51. The fourth-order valence-corrected chi connectivity index (χ4v) is 1.45. The molecule has 0 aromatic heterocycles. The molecule has 0 saturated heterocycles. The Morgan fingerprint density at radius 1 is 1.00 bits per heavy atom. The number of aromatic hydroxyl groups is 1. The first-order valence-electron chi connectivity index (χ1n) is 6.40. The van der Waals surface area contributed by atoms with E-state index in [2.05, 4.69) is 5.32 Å². The van der Waals surface area contributed by atoms with Gasteiger partial charge in [0.05, 0.1) is 11.3 Å². The van der Waals surface area contributed by atoms with Crippen LogP contribution in [-0.2, 0) is 4.79 Å². The van der Waals surface area contributed by atoms with Crippen LogP contribution in [0.4, 0.5) is 5.69 Å². The standard InChI is InChI=1S/C10H11NO3.C6H6O/c1-2-9(12)11-8-6-4-3-5-7(8)10(13)14;7-6-4-2-1-3-5-6/h3-6H,2H2,1H3,(H,11,12)(H,13,14);1-5,7H. The molecular weight excluding hydrogens is 270 g/mol. The number of phenolic OH excluding ortho intramolecular Hbond substituents is 1. The van der Waals surface area contributed by atoms with Gasteiger partial charge < -0.3 is 15.5 Å². The molecule has 1 amide bonds. The summed E-state index contributed by atoms with van der Waals surface area (Å²) in [5.41, 5.74) is 0.446. The average molecular weight is 287 g/mol. The van der Waals surface area contributed by atoms with E-state index in [1.165, 1.54) is 6.07 Å². The number of anilines is 1. The average Bonchev–Trinajstić information content (AvgIpc) is 2.49. The minimum absolute atomic E-state index is 0.106. The second-order valence-electron chi connectivity index (χ2n) is 4.09. The molecule has 5 heteroatoms. The lowest BCUT2D eigenvalue weighted by Gasteiger charge is -2.06. The summed E-state index contributed by atoms with van der Waals surface area (Å²) in [6.45, 7) is 1.71. The van der Waals surface area contributed by atoms with Crippen molar-refractivity contribution >= 4 is 17.6 Å². The van der Waals surface area contributed by atoms with E-state index in [4.69, 9.17) is 10.2 Å². The molecule has 0 fully saturated rings. The van der Waals surface area contributed by atoms with Crippen molar-refractivity contribution < 1.29 is 19.8 Å². The van der Waals surface area contributed by atoms with Gasteiger partial charge in [0.25, 0.3) is 0 Å². The molecular formula is C16H17NO4. The number of carboxylic acids is 1. The van der Waals surface area contributed by atoms with Crippen LogP contribution in [0.1, 0.15) is 23.7 Å². The molecule has 5 nitrogen and oxygen atoms in total. The fourth-order valence-electron chi connectivity index (χ4n) is 1.45. The zero-order chi connectivity index (χ0) is 15.7. The highest BCUT2D eigenvalue weighted by Gasteiger charge is 2.09. The van der Waals surface area contributed by atoms with Crippen molar-refractivity contribution in [2.45, 2.75) is 13.3 Å². The van der Waals surface area contributed by atoms with Crippen LogP contribution in [0.3, 0.4) is 0 Å². The largest absolute Gasteiger partial charge is 0.508 e. The first-order chi connectivity index (χ1) is 10.0. The lowest BCUT2D eigenvalue weighted by Crippen LogP contribution is -2.12. The van der Waals surface area contributed by atoms with Gasteiger partial charge in [0.15, 0.2) is 0 Å². The summed E-state index contributed by atoms with van der Waals surface area (Å²) in [6, 6.07) is 15.0. The van der Waals surface area contributed by atoms with E-state index in [0.29, 0.717) is 17.9 Å². The van der Waals surface area contributed by atoms with Gasteiger partial charge in [-0.3, -0.25) is 4.79 Å². The van der Waals surface area contributed by atoms with E-state index >= 15 is 0 Å². The van der Waals surface area contributed by atoms with Crippen LogP contribution in [-0.4, -0.2) is 22.1 Å². The molecule has 0 atom stereocenters. The van der Waals surface area contributed by atoms with Crippen LogP contribution >= 0.6 is 0 Å². The molecule has 0 aliphatic carbocycles. The predicted molar refractivity (Wildman–Crippen MR) is 80.4 cm³/mol. The van der Waals surface area contributed by atoms with Gasteiger partial charge in [0.1, 0.15) is 5.75 Å². The molecule has 21 heavy (non-hydrogen) atoms. The number of carboxylic acid groups (broad SMARTS) is 1. The number of amides is 1. The van der Waals surface area contributed by atoms with Crippen LogP contribution in [0.25, 0.3) is 0 Å². The van der Waals surface area contributed by atoms with Gasteiger partial charge in [-0.1, -0.05) is 37.3 Å². The summed E-state index contributed by atoms with van der Waals surface area (Å²) in [7, 11) is 0. The fraction of sp³-hybridized carbons (Fsp3) is 0.125. The van der Waals surface area contributed by atoms with Crippen molar-refractivity contribution in [2.75, 3.05) is 5.32 Å². The second-order valence-corrected chi connectivity index (χ2v) is 4.09. The lowest BCUT2D eigenvalue weighted by molar-refractivity contribution is -0.115. The number of rotatable bonds is 3. The van der Waals surface area contributed by atoms with Gasteiger partial charge >= 0.3 is 5.97 Å². The number of nitrogens with one attached hydrogen (secondary N) is 1. The van der Waals surface area contributed by atoms with Crippen molar-refractivity contribution in [3.05, 3.63) is 60.2 Å². The lowest BCUT2D eigenvalue weighted by atomic mass is 10.2. The predicted octanol–water partition coefficient (Wildman–Crippen LogP) is 3.13. The van der Waals surface area contributed by atoms with Crippen molar-refractivity contribution in [1.29, 1.82) is 0 Å². The summed E-state index contributed by atoms with van der Waals surface area (Å²) < 4.78 is 0. The monoisotopic (exact) mass is 287 g/mol. The molecule has 3 N–H and O–H groups in total. The smallest absolute Gasteiger partial charge is 0.337 e. The Morgan fingerprint density at radius 2 is 1.57 bits per heavy atom. The van der Waals surface area contributed by atoms with Gasteiger partial charge in [-0.2, -0.15) is 0 Å². The van der Waals surface area contributed by atoms with Crippen LogP contribution in [0, 0.1) is 0 Å². The highest BCUT2D eigenvalue weighted by Crippen LogP contribution is 2.14. The zero-order valence-electron chi connectivity index (χ0n) is 11.6. The first kappa shape index (κ1) is 16.2. The Labute approximate surface area is 122 Å². The molecule has 0 bridgehead atoms. The van der Waals surface area contributed by atoms with Crippen LogP contribution in [0.5, 0.6) is 5.75 Å². The zero-order valence-corrected chi connectivity index (χ0v) is 11.6. The number of carbonyl (C=O) groups excluding carboxylic acids is 1. The van der Waals surface area contributed by atoms with Gasteiger partial charge in [-0.25, -0.2) is 4.79 Å². The van der Waals surface area contributed by atoms with Crippen molar-refractivity contribution in [2.24, 2.45) is 0 Å². The topological polar surface area (TPSA) is 86.6 Å². The summed E-state index contributed by atoms with van der Waals surface area (Å²) in [5, 5.41) is 20.0. The summed E-state index contributed by atoms with van der Waals surface area (Å²) in [6.07, 6.45) is 0.327. The van der Waals surface area contributed by atoms with E-state index in [1.54, 1.807) is 49.4 Å². The Balaban J connectivity index is 0.000000262. The summed E-state index contributed by atoms with van der Waals surface area (Å²) in [5.74, 6) is -0.918. The Morgan fingerprint density at radius 3 is 2.05 bits per heavy atom. The molecule has 0 unspecified atom stereocenters. The number of para-hydroxylation sites is 2. The molecule has 2 rings (SSSR count). The van der Waals surface area contributed by atoms with E-state index in [0.717, 1.165) is 0 Å². The highest BCUT2D eigenvalue weighted by molar-refractivity contribution is 6.00. The van der Waals surface area contributed by atoms with Gasteiger partial charge in [0, 0.05) is 6.42 Å². The number of phenols is 1. The van der Waals surface area contributed by atoms with E-state index < -0.39 is 5.97 Å². The third-order valence-corrected chi connectivity index (χ3v) is 2.51. The van der Waals surface area contributed by atoms with Crippen LogP contribution in [0.15, 0.2) is 54.6 Å². The van der Waals surface area contributed by atoms with E-state index in [-0.39, 0.29) is 11.5 Å². The minimum atomic E-state index is -1.04. The maximum absolute atomic E-state index is 11.1.